The smallest absolute Gasteiger partial charge is 0.119 e. The van der Waals surface area contributed by atoms with E-state index in [-0.39, 0.29) is 0 Å². The fourth-order valence-electron chi connectivity index (χ4n) is 2.05. The maximum atomic E-state index is 5.26. The second-order valence-corrected chi connectivity index (χ2v) is 4.28. The number of hydrogen-bond donors (Lipinski definition) is 0. The zero-order valence-electron chi connectivity index (χ0n) is 11.3. The normalized spacial score (nSPS) is 10.2. The van der Waals surface area contributed by atoms with Crippen molar-refractivity contribution in [3.8, 4) is 16.9 Å². The Morgan fingerprint density at radius 1 is 1.05 bits per heavy atom. The van der Waals surface area contributed by atoms with Gasteiger partial charge in [0.25, 0.3) is 0 Å². The number of ether oxygens (including phenoxy) is 2. The lowest BCUT2D eigenvalue weighted by atomic mass is 9.98. The first kappa shape index (κ1) is 13.4. The molecule has 19 heavy (non-hydrogen) atoms. The van der Waals surface area contributed by atoms with Gasteiger partial charge in [-0.1, -0.05) is 43.0 Å². The molecule has 0 fully saturated rings. The van der Waals surface area contributed by atoms with Gasteiger partial charge < -0.3 is 9.47 Å². The highest BCUT2D eigenvalue weighted by Gasteiger charge is 2.06. The van der Waals surface area contributed by atoms with Crippen molar-refractivity contribution in [1.82, 2.24) is 0 Å². The van der Waals surface area contributed by atoms with Gasteiger partial charge in [-0.05, 0) is 34.4 Å². The lowest BCUT2D eigenvalue weighted by Crippen LogP contribution is -1.94. The Morgan fingerprint density at radius 3 is 2.37 bits per heavy atom. The maximum Gasteiger partial charge on any atom is 0.119 e. The van der Waals surface area contributed by atoms with Crippen molar-refractivity contribution in [1.29, 1.82) is 0 Å². The first-order chi connectivity index (χ1) is 9.28. The first-order valence-electron chi connectivity index (χ1n) is 6.17. The van der Waals surface area contributed by atoms with E-state index in [4.69, 9.17) is 9.47 Å². The molecule has 0 aliphatic rings. The minimum Gasteiger partial charge on any atom is -0.497 e. The van der Waals surface area contributed by atoms with Crippen LogP contribution in [-0.2, 0) is 11.3 Å². The molecule has 0 aliphatic heterocycles. The van der Waals surface area contributed by atoms with Gasteiger partial charge in [-0.2, -0.15) is 0 Å². The van der Waals surface area contributed by atoms with Crippen LogP contribution in [0.4, 0.5) is 0 Å². The molecule has 0 unspecified atom stereocenters. The van der Waals surface area contributed by atoms with E-state index in [1.54, 1.807) is 14.2 Å². The number of benzene rings is 2. The Kier molecular flexibility index (Phi) is 4.37. The van der Waals surface area contributed by atoms with Gasteiger partial charge in [0.15, 0.2) is 0 Å². The van der Waals surface area contributed by atoms with E-state index in [0.717, 1.165) is 16.9 Å². The van der Waals surface area contributed by atoms with E-state index in [2.05, 4.69) is 36.9 Å². The van der Waals surface area contributed by atoms with Crippen LogP contribution in [0.25, 0.3) is 17.2 Å². The molecule has 2 rings (SSSR count). The highest BCUT2D eigenvalue weighted by Crippen LogP contribution is 2.28. The van der Waals surface area contributed by atoms with Gasteiger partial charge in [0.1, 0.15) is 5.75 Å². The lowest BCUT2D eigenvalue weighted by molar-refractivity contribution is 0.185. The van der Waals surface area contributed by atoms with Crippen LogP contribution in [0.5, 0.6) is 5.75 Å². The lowest BCUT2D eigenvalue weighted by Gasteiger charge is -2.11. The van der Waals surface area contributed by atoms with Crippen molar-refractivity contribution >= 4 is 6.08 Å². The summed E-state index contributed by atoms with van der Waals surface area (Å²) < 4.78 is 10.5. The van der Waals surface area contributed by atoms with Gasteiger partial charge in [-0.15, -0.1) is 0 Å². The summed E-state index contributed by atoms with van der Waals surface area (Å²) in [4.78, 5) is 0. The highest BCUT2D eigenvalue weighted by atomic mass is 16.5. The molecule has 0 aromatic heterocycles. The van der Waals surface area contributed by atoms with Gasteiger partial charge in [0.05, 0.1) is 13.7 Å². The molecule has 0 amide bonds. The minimum absolute atomic E-state index is 0.565. The maximum absolute atomic E-state index is 5.26. The van der Waals surface area contributed by atoms with Crippen LogP contribution in [0.3, 0.4) is 0 Å². The van der Waals surface area contributed by atoms with E-state index >= 15 is 0 Å². The van der Waals surface area contributed by atoms with Crippen LogP contribution in [0, 0.1) is 0 Å². The Labute approximate surface area is 114 Å². The minimum atomic E-state index is 0.565. The Hall–Kier alpha value is -2.06. The molecular weight excluding hydrogens is 236 g/mol. The van der Waals surface area contributed by atoms with E-state index in [1.165, 1.54) is 11.1 Å². The molecule has 0 atom stereocenters. The number of methoxy groups -OCH3 is 2. The summed E-state index contributed by atoms with van der Waals surface area (Å²) in [5, 5.41) is 0. The topological polar surface area (TPSA) is 18.5 Å². The summed E-state index contributed by atoms with van der Waals surface area (Å²) in [7, 11) is 3.37. The van der Waals surface area contributed by atoms with Gasteiger partial charge in [0, 0.05) is 7.11 Å². The molecular formula is C17H18O2. The molecule has 0 saturated carbocycles. The average molecular weight is 254 g/mol. The van der Waals surface area contributed by atoms with Crippen LogP contribution in [0.15, 0.2) is 49.0 Å². The third kappa shape index (κ3) is 3.04. The molecule has 2 aromatic rings. The Bertz CT molecular complexity index is 556. The van der Waals surface area contributed by atoms with Gasteiger partial charge in [0.2, 0.25) is 0 Å². The first-order valence-corrected chi connectivity index (χ1v) is 6.17. The molecule has 0 spiro atoms. The summed E-state index contributed by atoms with van der Waals surface area (Å²) in [5.41, 5.74) is 4.57. The third-order valence-electron chi connectivity index (χ3n) is 3.07. The molecule has 2 nitrogen and oxygen atoms in total. The molecule has 0 radical (unpaired) electrons. The highest BCUT2D eigenvalue weighted by molar-refractivity contribution is 5.69. The summed E-state index contributed by atoms with van der Waals surface area (Å²) in [5.74, 6) is 0.846. The molecule has 0 aliphatic carbocycles. The fourth-order valence-corrected chi connectivity index (χ4v) is 2.05. The third-order valence-corrected chi connectivity index (χ3v) is 3.07. The molecule has 0 heterocycles. The van der Waals surface area contributed by atoms with Crippen molar-refractivity contribution in [2.75, 3.05) is 14.2 Å². The summed E-state index contributed by atoms with van der Waals surface area (Å²) >= 11 is 0. The van der Waals surface area contributed by atoms with Crippen molar-refractivity contribution in [3.63, 3.8) is 0 Å². The second kappa shape index (κ2) is 6.21. The molecule has 2 heteroatoms. The summed E-state index contributed by atoms with van der Waals surface area (Å²) in [6.45, 7) is 4.33. The Morgan fingerprint density at radius 2 is 1.79 bits per heavy atom. The average Bonchev–Trinajstić information content (AvgIpc) is 2.47. The predicted octanol–water partition coefficient (Wildman–Crippen LogP) is 4.15. The van der Waals surface area contributed by atoms with E-state index in [1.807, 2.05) is 18.2 Å². The van der Waals surface area contributed by atoms with Crippen LogP contribution in [0.1, 0.15) is 11.1 Å². The summed E-state index contributed by atoms with van der Waals surface area (Å²) in [6.07, 6.45) is 1.84. The van der Waals surface area contributed by atoms with Crippen molar-refractivity contribution in [2.45, 2.75) is 6.61 Å². The van der Waals surface area contributed by atoms with Crippen LogP contribution < -0.4 is 4.74 Å². The van der Waals surface area contributed by atoms with Crippen molar-refractivity contribution in [3.05, 3.63) is 60.2 Å². The van der Waals surface area contributed by atoms with Crippen LogP contribution in [0.2, 0.25) is 0 Å². The molecule has 0 bridgehead atoms. The molecule has 0 saturated heterocycles. The second-order valence-electron chi connectivity index (χ2n) is 4.28. The predicted molar refractivity (Wildman–Crippen MR) is 79.2 cm³/mol. The van der Waals surface area contributed by atoms with Crippen molar-refractivity contribution < 1.29 is 9.47 Å². The largest absolute Gasteiger partial charge is 0.497 e. The fraction of sp³-hybridized carbons (Fsp3) is 0.176. The van der Waals surface area contributed by atoms with E-state index < -0.39 is 0 Å². The van der Waals surface area contributed by atoms with E-state index in [9.17, 15) is 0 Å². The standard InChI is InChI=1S/C17H18O2/c1-4-13-5-7-14(8-6-13)17-10-9-16(19-3)11-15(17)12-18-2/h4-11H,1,12H2,2-3H3. The van der Waals surface area contributed by atoms with Crippen molar-refractivity contribution in [2.24, 2.45) is 0 Å². The van der Waals surface area contributed by atoms with Gasteiger partial charge in [-0.25, -0.2) is 0 Å². The molecule has 98 valence electrons. The summed E-state index contributed by atoms with van der Waals surface area (Å²) in [6, 6.07) is 14.4. The van der Waals surface area contributed by atoms with Gasteiger partial charge >= 0.3 is 0 Å². The molecule has 2 aromatic carbocycles. The van der Waals surface area contributed by atoms with Crippen LogP contribution in [-0.4, -0.2) is 14.2 Å². The van der Waals surface area contributed by atoms with Gasteiger partial charge in [-0.3, -0.25) is 0 Å². The zero-order chi connectivity index (χ0) is 13.7. The Balaban J connectivity index is 2.43. The monoisotopic (exact) mass is 254 g/mol. The SMILES string of the molecule is C=Cc1ccc(-c2ccc(OC)cc2COC)cc1. The van der Waals surface area contributed by atoms with E-state index in [0.29, 0.717) is 6.61 Å². The van der Waals surface area contributed by atoms with Crippen LogP contribution >= 0.6 is 0 Å². The quantitative estimate of drug-likeness (QED) is 0.798. The zero-order valence-corrected chi connectivity index (χ0v) is 11.3. The molecule has 0 N–H and O–H groups in total. The number of rotatable bonds is 5. The number of hydrogen-bond acceptors (Lipinski definition) is 2.